The summed E-state index contributed by atoms with van der Waals surface area (Å²) in [6, 6.07) is 10.9. The summed E-state index contributed by atoms with van der Waals surface area (Å²) in [7, 11) is 0. The number of benzene rings is 1. The van der Waals surface area contributed by atoms with Gasteiger partial charge in [-0.25, -0.2) is 0 Å². The fraction of sp³-hybridized carbons (Fsp3) is 0.611. The molecule has 1 aliphatic carbocycles. The number of rotatable bonds is 4. The molecule has 21 heavy (non-hydrogen) atoms. The van der Waals surface area contributed by atoms with Crippen molar-refractivity contribution in [3.63, 3.8) is 0 Å². The molecule has 0 spiro atoms. The van der Waals surface area contributed by atoms with Gasteiger partial charge in [-0.15, -0.1) is 0 Å². The van der Waals surface area contributed by atoms with Crippen molar-refractivity contribution in [1.29, 1.82) is 0 Å². The van der Waals surface area contributed by atoms with Crippen LogP contribution in [0.25, 0.3) is 0 Å². The molecule has 1 aliphatic heterocycles. The number of hydrogen-bond acceptors (Lipinski definition) is 2. The smallest absolute Gasteiger partial charge is 0.226 e. The van der Waals surface area contributed by atoms with Gasteiger partial charge in [-0.1, -0.05) is 43.2 Å². The van der Waals surface area contributed by atoms with E-state index in [0.717, 1.165) is 45.2 Å². The molecular weight excluding hydrogens is 260 g/mol. The van der Waals surface area contributed by atoms with E-state index in [2.05, 4.69) is 34.9 Å². The van der Waals surface area contributed by atoms with E-state index >= 15 is 0 Å². The first kappa shape index (κ1) is 14.6. The monoisotopic (exact) mass is 286 g/mol. The van der Waals surface area contributed by atoms with Crippen molar-refractivity contribution in [3.05, 3.63) is 35.9 Å². The fourth-order valence-corrected chi connectivity index (χ4v) is 3.78. The molecule has 114 valence electrons. The van der Waals surface area contributed by atoms with Crippen molar-refractivity contribution in [1.82, 2.24) is 10.6 Å². The van der Waals surface area contributed by atoms with Crippen LogP contribution in [0.3, 0.4) is 0 Å². The van der Waals surface area contributed by atoms with Crippen LogP contribution in [0.5, 0.6) is 0 Å². The maximum atomic E-state index is 12.9. The molecule has 3 rings (SSSR count). The molecule has 1 amide bonds. The minimum Gasteiger partial charge on any atom is -0.353 e. The van der Waals surface area contributed by atoms with Crippen molar-refractivity contribution < 1.29 is 4.79 Å². The van der Waals surface area contributed by atoms with Crippen molar-refractivity contribution in [2.75, 3.05) is 13.1 Å². The average Bonchev–Trinajstić information content (AvgIpc) is 3.02. The third kappa shape index (κ3) is 3.46. The van der Waals surface area contributed by atoms with Gasteiger partial charge in [0.1, 0.15) is 0 Å². The predicted molar refractivity (Wildman–Crippen MR) is 85.1 cm³/mol. The van der Waals surface area contributed by atoms with Gasteiger partial charge in [-0.3, -0.25) is 4.79 Å². The van der Waals surface area contributed by atoms with E-state index in [1.165, 1.54) is 18.4 Å². The Morgan fingerprint density at radius 3 is 2.48 bits per heavy atom. The van der Waals surface area contributed by atoms with Crippen molar-refractivity contribution in [2.24, 2.45) is 5.41 Å². The molecular formula is C18H26N2O. The molecule has 0 atom stereocenters. The Labute approximate surface area is 127 Å². The summed E-state index contributed by atoms with van der Waals surface area (Å²) in [4.78, 5) is 12.9. The molecule has 2 aliphatic rings. The Bertz CT molecular complexity index is 459. The highest BCUT2D eigenvalue weighted by Gasteiger charge is 2.40. The van der Waals surface area contributed by atoms with Crippen LogP contribution >= 0.6 is 0 Å². The SMILES string of the molecule is O=C(NC1CCCC1)C1(Cc2ccccc2)CCNCC1. The zero-order valence-electron chi connectivity index (χ0n) is 12.7. The first-order valence-corrected chi connectivity index (χ1v) is 8.34. The normalized spacial score (nSPS) is 22.1. The van der Waals surface area contributed by atoms with Gasteiger partial charge in [-0.05, 0) is 50.8 Å². The Hall–Kier alpha value is -1.35. The Morgan fingerprint density at radius 2 is 1.81 bits per heavy atom. The molecule has 1 aromatic carbocycles. The van der Waals surface area contributed by atoms with Gasteiger partial charge in [-0.2, -0.15) is 0 Å². The topological polar surface area (TPSA) is 41.1 Å². The zero-order valence-corrected chi connectivity index (χ0v) is 12.7. The lowest BCUT2D eigenvalue weighted by molar-refractivity contribution is -0.133. The average molecular weight is 286 g/mol. The van der Waals surface area contributed by atoms with Crippen LogP contribution in [0.15, 0.2) is 30.3 Å². The highest BCUT2D eigenvalue weighted by Crippen LogP contribution is 2.34. The van der Waals surface area contributed by atoms with Gasteiger partial charge in [0, 0.05) is 6.04 Å². The third-order valence-electron chi connectivity index (χ3n) is 5.12. The predicted octanol–water partition coefficient (Wildman–Crippen LogP) is 2.66. The number of piperidine rings is 1. The molecule has 0 aromatic heterocycles. The second-order valence-corrected chi connectivity index (χ2v) is 6.65. The molecule has 0 unspecified atom stereocenters. The van der Waals surface area contributed by atoms with Crippen LogP contribution in [0.4, 0.5) is 0 Å². The van der Waals surface area contributed by atoms with Gasteiger partial charge in [0.15, 0.2) is 0 Å². The van der Waals surface area contributed by atoms with Crippen molar-refractivity contribution in [3.8, 4) is 0 Å². The Balaban J connectivity index is 1.73. The van der Waals surface area contributed by atoms with Crippen molar-refractivity contribution in [2.45, 2.75) is 51.0 Å². The molecule has 1 aromatic rings. The van der Waals surface area contributed by atoms with Gasteiger partial charge in [0.05, 0.1) is 5.41 Å². The highest BCUT2D eigenvalue weighted by molar-refractivity contribution is 5.83. The van der Waals surface area contributed by atoms with Crippen LogP contribution in [0, 0.1) is 5.41 Å². The fourth-order valence-electron chi connectivity index (χ4n) is 3.78. The van der Waals surface area contributed by atoms with Crippen LogP contribution in [-0.4, -0.2) is 25.0 Å². The Kier molecular flexibility index (Phi) is 4.59. The molecule has 1 heterocycles. The summed E-state index contributed by atoms with van der Waals surface area (Å²) in [6.45, 7) is 1.90. The minimum atomic E-state index is -0.213. The first-order chi connectivity index (χ1) is 10.3. The summed E-state index contributed by atoms with van der Waals surface area (Å²) >= 11 is 0. The van der Waals surface area contributed by atoms with E-state index in [4.69, 9.17) is 0 Å². The van der Waals surface area contributed by atoms with Gasteiger partial charge in [0.25, 0.3) is 0 Å². The second kappa shape index (κ2) is 6.61. The second-order valence-electron chi connectivity index (χ2n) is 6.65. The summed E-state index contributed by atoms with van der Waals surface area (Å²) in [6.07, 6.45) is 7.60. The number of nitrogens with one attached hydrogen (secondary N) is 2. The number of hydrogen-bond donors (Lipinski definition) is 2. The highest BCUT2D eigenvalue weighted by atomic mass is 16.2. The largest absolute Gasteiger partial charge is 0.353 e. The minimum absolute atomic E-state index is 0.213. The van der Waals surface area contributed by atoms with Crippen molar-refractivity contribution >= 4 is 5.91 Å². The molecule has 3 heteroatoms. The summed E-state index contributed by atoms with van der Waals surface area (Å²) in [5.41, 5.74) is 1.07. The lowest BCUT2D eigenvalue weighted by Crippen LogP contribution is -2.51. The molecule has 1 saturated heterocycles. The van der Waals surface area contributed by atoms with E-state index in [0.29, 0.717) is 11.9 Å². The number of carbonyl (C=O) groups excluding carboxylic acids is 1. The van der Waals surface area contributed by atoms with E-state index in [1.807, 2.05) is 6.07 Å². The van der Waals surface area contributed by atoms with Crippen LogP contribution in [0.2, 0.25) is 0 Å². The summed E-state index contributed by atoms with van der Waals surface area (Å²) in [5, 5.41) is 6.74. The van der Waals surface area contributed by atoms with Gasteiger partial charge >= 0.3 is 0 Å². The Morgan fingerprint density at radius 1 is 1.14 bits per heavy atom. The number of carbonyl (C=O) groups is 1. The van der Waals surface area contributed by atoms with Crippen LogP contribution in [-0.2, 0) is 11.2 Å². The van der Waals surface area contributed by atoms with E-state index < -0.39 is 0 Å². The van der Waals surface area contributed by atoms with Gasteiger partial charge < -0.3 is 10.6 Å². The molecule has 0 bridgehead atoms. The maximum Gasteiger partial charge on any atom is 0.226 e. The molecule has 2 fully saturated rings. The zero-order chi connectivity index (χ0) is 14.5. The summed E-state index contributed by atoms with van der Waals surface area (Å²) < 4.78 is 0. The van der Waals surface area contributed by atoms with Gasteiger partial charge in [0.2, 0.25) is 5.91 Å². The van der Waals surface area contributed by atoms with E-state index in [-0.39, 0.29) is 5.41 Å². The molecule has 2 N–H and O–H groups in total. The quantitative estimate of drug-likeness (QED) is 0.893. The van der Waals surface area contributed by atoms with Crippen LogP contribution in [0.1, 0.15) is 44.1 Å². The number of amides is 1. The van der Waals surface area contributed by atoms with E-state index in [9.17, 15) is 4.79 Å². The molecule has 0 radical (unpaired) electrons. The molecule has 3 nitrogen and oxygen atoms in total. The summed E-state index contributed by atoms with van der Waals surface area (Å²) in [5.74, 6) is 0.291. The first-order valence-electron chi connectivity index (χ1n) is 8.34. The lowest BCUT2D eigenvalue weighted by atomic mass is 9.73. The van der Waals surface area contributed by atoms with E-state index in [1.54, 1.807) is 0 Å². The lowest BCUT2D eigenvalue weighted by Gasteiger charge is -2.37. The maximum absolute atomic E-state index is 12.9. The molecule has 1 saturated carbocycles. The van der Waals surface area contributed by atoms with Crippen LogP contribution < -0.4 is 10.6 Å². The standard InChI is InChI=1S/C18H26N2O/c21-17(20-16-8-4-5-9-16)18(10-12-19-13-11-18)14-15-6-2-1-3-7-15/h1-3,6-7,16,19H,4-5,8-14H2,(H,20,21). The third-order valence-corrected chi connectivity index (χ3v) is 5.12.